The number of carboxylic acid groups (broad SMARTS) is 2. The third kappa shape index (κ3) is 8.90. The normalized spacial score (nSPS) is 11.4. The molecule has 1 amide bonds. The summed E-state index contributed by atoms with van der Waals surface area (Å²) in [6, 6.07) is 39.5. The van der Waals surface area contributed by atoms with Crippen molar-refractivity contribution in [1.29, 1.82) is 0 Å². The topological polar surface area (TPSA) is 120 Å². The molecule has 254 valence electrons. The van der Waals surface area contributed by atoms with Gasteiger partial charge >= 0.3 is 0 Å². The minimum Gasteiger partial charge on any atom is -0.548 e. The number of anilines is 2. The summed E-state index contributed by atoms with van der Waals surface area (Å²) in [7, 11) is 0. The Labute approximate surface area is 296 Å². The van der Waals surface area contributed by atoms with Crippen LogP contribution in [0.1, 0.15) is 28.4 Å². The molecule has 0 aliphatic carbocycles. The van der Waals surface area contributed by atoms with Crippen molar-refractivity contribution in [3.8, 4) is 22.3 Å². The van der Waals surface area contributed by atoms with Gasteiger partial charge in [-0.3, -0.25) is 4.79 Å². The van der Waals surface area contributed by atoms with Crippen LogP contribution in [-0.2, 0) is 22.7 Å². The van der Waals surface area contributed by atoms with Crippen LogP contribution in [0.3, 0.4) is 0 Å². The highest BCUT2D eigenvalue weighted by Gasteiger charge is 2.18. The number of hydrogen-bond acceptors (Lipinski definition) is 6. The van der Waals surface area contributed by atoms with Gasteiger partial charge in [0.1, 0.15) is 0 Å². The van der Waals surface area contributed by atoms with Crippen molar-refractivity contribution in [2.45, 2.75) is 26.1 Å². The monoisotopic (exact) mass is 676 g/mol. The molecule has 1 N–H and O–H groups in total. The van der Waals surface area contributed by atoms with Gasteiger partial charge in [0.05, 0.1) is 24.5 Å². The molecule has 6 rings (SSSR count). The number of hydrogen-bond donors (Lipinski definition) is 1. The average molecular weight is 677 g/mol. The van der Waals surface area contributed by atoms with Crippen LogP contribution >= 0.6 is 0 Å². The van der Waals surface area contributed by atoms with Crippen LogP contribution in [0.25, 0.3) is 22.3 Å². The second-order valence-corrected chi connectivity index (χ2v) is 12.3. The van der Waals surface area contributed by atoms with Crippen LogP contribution in [0.2, 0.25) is 0 Å². The first-order valence-electron chi connectivity index (χ1n) is 16.5. The molecule has 0 aliphatic heterocycles. The number of pyridine rings is 2. The van der Waals surface area contributed by atoms with Crippen molar-refractivity contribution in [3.63, 3.8) is 0 Å². The maximum atomic E-state index is 13.7. The number of benzene rings is 4. The van der Waals surface area contributed by atoms with Crippen LogP contribution < -0.4 is 29.6 Å². The predicted octanol–water partition coefficient (Wildman–Crippen LogP) is 3.64. The third-order valence-corrected chi connectivity index (χ3v) is 8.61. The standard InChI is InChI=1S/C42H36N4O5/c1-30(42(50)51)46(29-40(47)48)39-14-12-38(13-15-39)43-41(49)37-25-31(27-44-20-16-35(17-21-44)33-8-4-2-5-9-33)24-32(26-37)28-45-22-18-36(19-23-45)34-10-6-3-7-11-34/h2-26,30H,27-29H2,1H3,(H-2,43,47,48,49,50,51). The van der Waals surface area contributed by atoms with Crippen LogP contribution in [0.5, 0.6) is 0 Å². The minimum absolute atomic E-state index is 0.325. The molecule has 0 fully saturated rings. The zero-order valence-electron chi connectivity index (χ0n) is 28.0. The number of nitrogens with zero attached hydrogens (tertiary/aromatic N) is 3. The van der Waals surface area contributed by atoms with E-state index in [0.717, 1.165) is 38.3 Å². The van der Waals surface area contributed by atoms with E-state index in [9.17, 15) is 24.6 Å². The molecule has 1 unspecified atom stereocenters. The van der Waals surface area contributed by atoms with Crippen LogP contribution in [0.15, 0.2) is 152 Å². The Hall–Kier alpha value is -6.61. The van der Waals surface area contributed by atoms with Gasteiger partial charge < -0.3 is 30.0 Å². The molecule has 0 bridgehead atoms. The number of rotatable bonds is 13. The molecule has 0 saturated heterocycles. The molecule has 9 heteroatoms. The Balaban J connectivity index is 1.25. The summed E-state index contributed by atoms with van der Waals surface area (Å²) in [5.74, 6) is -3.17. The molecule has 51 heavy (non-hydrogen) atoms. The van der Waals surface area contributed by atoms with E-state index in [1.165, 1.54) is 6.92 Å². The largest absolute Gasteiger partial charge is 0.548 e. The molecular formula is C42H36N4O5. The zero-order valence-corrected chi connectivity index (χ0v) is 28.0. The van der Waals surface area contributed by atoms with E-state index in [1.807, 2.05) is 73.3 Å². The van der Waals surface area contributed by atoms with Gasteiger partial charge in [0.2, 0.25) is 0 Å². The number of carboxylic acids is 2. The molecule has 0 spiro atoms. The number of amides is 1. The van der Waals surface area contributed by atoms with Crippen molar-refractivity contribution in [2.75, 3.05) is 16.8 Å². The summed E-state index contributed by atoms with van der Waals surface area (Å²) >= 11 is 0. The number of aromatic nitrogens is 2. The van der Waals surface area contributed by atoms with E-state index in [-0.39, 0.29) is 5.91 Å². The van der Waals surface area contributed by atoms with E-state index in [4.69, 9.17) is 0 Å². The fraction of sp³-hybridized carbons (Fsp3) is 0.119. The highest BCUT2D eigenvalue weighted by Crippen LogP contribution is 2.22. The summed E-state index contributed by atoms with van der Waals surface area (Å²) in [6.07, 6.45) is 8.10. The summed E-state index contributed by atoms with van der Waals surface area (Å²) in [4.78, 5) is 37.6. The highest BCUT2D eigenvalue weighted by atomic mass is 16.4. The van der Waals surface area contributed by atoms with E-state index < -0.39 is 24.5 Å². The van der Waals surface area contributed by atoms with Gasteiger partial charge in [-0.15, -0.1) is 0 Å². The van der Waals surface area contributed by atoms with Gasteiger partial charge in [-0.2, -0.15) is 0 Å². The second kappa shape index (κ2) is 15.7. The molecule has 4 aromatic carbocycles. The average Bonchev–Trinajstić information content (AvgIpc) is 3.15. The van der Waals surface area contributed by atoms with Gasteiger partial charge in [-0.05, 0) is 71.6 Å². The van der Waals surface area contributed by atoms with Crippen molar-refractivity contribution in [1.82, 2.24) is 0 Å². The molecule has 1 atom stereocenters. The Bertz CT molecular complexity index is 2020. The molecule has 9 nitrogen and oxygen atoms in total. The maximum absolute atomic E-state index is 13.7. The van der Waals surface area contributed by atoms with Gasteiger partial charge in [0, 0.05) is 52.3 Å². The highest BCUT2D eigenvalue weighted by molar-refractivity contribution is 6.04. The number of carbonyl (C=O) groups excluding carboxylic acids is 3. The van der Waals surface area contributed by atoms with Crippen LogP contribution in [0, 0.1) is 0 Å². The maximum Gasteiger partial charge on any atom is 0.255 e. The predicted molar refractivity (Wildman–Crippen MR) is 190 cm³/mol. The molecule has 2 heterocycles. The van der Waals surface area contributed by atoms with Crippen LogP contribution in [-0.4, -0.2) is 30.4 Å². The fourth-order valence-corrected chi connectivity index (χ4v) is 5.93. The minimum atomic E-state index is -1.42. The SMILES string of the molecule is CC(C(=O)[O-])N(CC(=O)[O-])c1ccc(NC(=O)c2cc(C[n+]3ccc(-c4ccccc4)cc3)cc(C[n+]3ccc(-c4ccccc4)cc3)c2)cc1. The lowest BCUT2D eigenvalue weighted by Gasteiger charge is -2.32. The lowest BCUT2D eigenvalue weighted by molar-refractivity contribution is -0.689. The van der Waals surface area contributed by atoms with Crippen molar-refractivity contribution in [3.05, 3.63) is 169 Å². The number of nitrogens with one attached hydrogen (secondary N) is 1. The second-order valence-electron chi connectivity index (χ2n) is 12.3. The van der Waals surface area contributed by atoms with E-state index in [0.29, 0.717) is 30.0 Å². The summed E-state index contributed by atoms with van der Waals surface area (Å²) in [5, 5.41) is 25.7. The molecule has 0 radical (unpaired) electrons. The van der Waals surface area contributed by atoms with Gasteiger partial charge in [-0.1, -0.05) is 60.7 Å². The first-order chi connectivity index (χ1) is 24.7. The van der Waals surface area contributed by atoms with Crippen molar-refractivity contribution >= 4 is 29.2 Å². The molecule has 6 aromatic rings. The first kappa shape index (κ1) is 34.3. The third-order valence-electron chi connectivity index (χ3n) is 8.61. The first-order valence-corrected chi connectivity index (χ1v) is 16.5. The Morgan fingerprint density at radius 3 is 1.51 bits per heavy atom. The van der Waals surface area contributed by atoms with Crippen molar-refractivity contribution in [2.24, 2.45) is 0 Å². The Morgan fingerprint density at radius 1 is 0.627 bits per heavy atom. The molecule has 0 aliphatic rings. The van der Waals surface area contributed by atoms with Gasteiger partial charge in [0.25, 0.3) is 5.91 Å². The lowest BCUT2D eigenvalue weighted by atomic mass is 10.0. The van der Waals surface area contributed by atoms with Crippen LogP contribution in [0.4, 0.5) is 11.4 Å². The summed E-state index contributed by atoms with van der Waals surface area (Å²) in [5.41, 5.74) is 7.65. The zero-order chi connectivity index (χ0) is 35.7. The smallest absolute Gasteiger partial charge is 0.255 e. The van der Waals surface area contributed by atoms with E-state index >= 15 is 0 Å². The molecular weight excluding hydrogens is 640 g/mol. The van der Waals surface area contributed by atoms with E-state index in [1.54, 1.807) is 24.3 Å². The van der Waals surface area contributed by atoms with Gasteiger partial charge in [-0.25, -0.2) is 9.13 Å². The Morgan fingerprint density at radius 2 is 1.08 bits per heavy atom. The number of carbonyl (C=O) groups is 3. The fourth-order valence-electron chi connectivity index (χ4n) is 5.93. The number of aliphatic carboxylic acids is 2. The van der Waals surface area contributed by atoms with Gasteiger partial charge in [0.15, 0.2) is 37.9 Å². The van der Waals surface area contributed by atoms with E-state index in [2.05, 4.69) is 69.0 Å². The lowest BCUT2D eigenvalue weighted by Crippen LogP contribution is -2.50. The quantitative estimate of drug-likeness (QED) is 0.187. The van der Waals surface area contributed by atoms with Crippen molar-refractivity contribution < 1.29 is 33.7 Å². The molecule has 2 aromatic heterocycles. The molecule has 0 saturated carbocycles. The Kier molecular flexibility index (Phi) is 10.6. The summed E-state index contributed by atoms with van der Waals surface area (Å²) in [6.45, 7) is 1.79. The summed E-state index contributed by atoms with van der Waals surface area (Å²) < 4.78 is 4.14.